The fourth-order valence-corrected chi connectivity index (χ4v) is 3.73. The minimum Gasteiger partial charge on any atom is -0.633 e. The molecule has 0 fully saturated rings. The molecule has 1 aliphatic heterocycles. The van der Waals surface area contributed by atoms with Gasteiger partial charge >= 0.3 is 0 Å². The molecule has 0 aliphatic carbocycles. The SMILES string of the molecule is CC1(C)c2cc3cc(C(O)CBr)oc3cc2C(C)(C)[NH+]1[O-]. The summed E-state index contributed by atoms with van der Waals surface area (Å²) in [7, 11) is 0. The lowest BCUT2D eigenvalue weighted by Crippen LogP contribution is -3.17. The van der Waals surface area contributed by atoms with Crippen LogP contribution in [0, 0.1) is 5.21 Å². The maximum atomic E-state index is 12.7. The number of rotatable bonds is 2. The van der Waals surface area contributed by atoms with Crippen molar-refractivity contribution in [3.8, 4) is 0 Å². The molecule has 1 aromatic carbocycles. The van der Waals surface area contributed by atoms with Gasteiger partial charge in [0.05, 0.1) is 0 Å². The second-order valence-electron chi connectivity index (χ2n) is 6.83. The van der Waals surface area contributed by atoms with Crippen molar-refractivity contribution >= 4 is 26.9 Å². The standard InChI is InChI=1S/C16H20BrNO3/c1-15(2)10-5-9-6-14(12(19)8-17)21-13(9)7-11(10)16(3,4)18(15)20/h5-7,12,18-19H,8H2,1-4H3. The van der Waals surface area contributed by atoms with E-state index in [9.17, 15) is 10.3 Å². The molecule has 21 heavy (non-hydrogen) atoms. The van der Waals surface area contributed by atoms with E-state index < -0.39 is 17.2 Å². The largest absolute Gasteiger partial charge is 0.633 e. The van der Waals surface area contributed by atoms with Crippen LogP contribution in [0.2, 0.25) is 0 Å². The van der Waals surface area contributed by atoms with Crippen LogP contribution < -0.4 is 5.06 Å². The van der Waals surface area contributed by atoms with E-state index in [1.54, 1.807) is 0 Å². The molecule has 0 saturated carbocycles. The highest BCUT2D eigenvalue weighted by Crippen LogP contribution is 2.39. The third kappa shape index (κ3) is 1.99. The molecule has 0 bridgehead atoms. The molecule has 2 N–H and O–H groups in total. The number of benzene rings is 1. The molecule has 2 aromatic rings. The Morgan fingerprint density at radius 1 is 1.19 bits per heavy atom. The van der Waals surface area contributed by atoms with E-state index in [1.807, 2.05) is 45.9 Å². The number of nitrogens with one attached hydrogen (secondary N) is 1. The summed E-state index contributed by atoms with van der Waals surface area (Å²) in [6.45, 7) is 7.88. The first-order valence-electron chi connectivity index (χ1n) is 7.07. The minimum atomic E-state index is -0.658. The highest BCUT2D eigenvalue weighted by molar-refractivity contribution is 9.09. The van der Waals surface area contributed by atoms with E-state index in [2.05, 4.69) is 15.9 Å². The van der Waals surface area contributed by atoms with Gasteiger partial charge in [-0.15, -0.1) is 0 Å². The first-order chi connectivity index (χ1) is 9.69. The number of quaternary nitrogens is 1. The molecule has 3 rings (SSSR count). The summed E-state index contributed by atoms with van der Waals surface area (Å²) < 4.78 is 5.75. The van der Waals surface area contributed by atoms with Crippen LogP contribution in [-0.2, 0) is 11.1 Å². The average molecular weight is 354 g/mol. The summed E-state index contributed by atoms with van der Waals surface area (Å²) >= 11 is 3.25. The van der Waals surface area contributed by atoms with Crippen LogP contribution in [0.5, 0.6) is 0 Å². The maximum absolute atomic E-state index is 12.7. The van der Waals surface area contributed by atoms with Crippen molar-refractivity contribution < 1.29 is 14.6 Å². The Bertz CT molecular complexity index is 652. The molecule has 0 radical (unpaired) electrons. The summed E-state index contributed by atoms with van der Waals surface area (Å²) in [4.78, 5) is 0. The Labute approximate surface area is 132 Å². The Morgan fingerprint density at radius 2 is 1.76 bits per heavy atom. The quantitative estimate of drug-likeness (QED) is 0.644. The molecule has 5 heteroatoms. The van der Waals surface area contributed by atoms with Crippen molar-refractivity contribution in [2.75, 3.05) is 5.33 Å². The molecule has 1 aliphatic rings. The van der Waals surface area contributed by atoms with Crippen molar-refractivity contribution in [1.82, 2.24) is 0 Å². The smallest absolute Gasteiger partial charge is 0.134 e. The van der Waals surface area contributed by atoms with Crippen LogP contribution in [0.4, 0.5) is 0 Å². The number of aliphatic hydroxyl groups is 1. The predicted molar refractivity (Wildman–Crippen MR) is 85.3 cm³/mol. The number of fused-ring (bicyclic) bond motifs is 2. The zero-order valence-electron chi connectivity index (χ0n) is 12.7. The number of hydrogen-bond donors (Lipinski definition) is 2. The molecule has 1 aromatic heterocycles. The minimum absolute atomic E-state index is 0.235. The van der Waals surface area contributed by atoms with E-state index in [-0.39, 0.29) is 5.06 Å². The Balaban J connectivity index is 2.23. The summed E-state index contributed by atoms with van der Waals surface area (Å²) in [5.74, 6) is 0.549. The van der Waals surface area contributed by atoms with Gasteiger partial charge in [0, 0.05) is 21.8 Å². The third-order valence-electron chi connectivity index (χ3n) is 4.63. The summed E-state index contributed by atoms with van der Waals surface area (Å²) in [6.07, 6.45) is -0.658. The lowest BCUT2D eigenvalue weighted by atomic mass is 9.89. The monoisotopic (exact) mass is 353 g/mol. The van der Waals surface area contributed by atoms with Gasteiger partial charge in [0.15, 0.2) is 0 Å². The molecule has 0 spiro atoms. The maximum Gasteiger partial charge on any atom is 0.134 e. The molecule has 2 heterocycles. The molecular weight excluding hydrogens is 334 g/mol. The van der Waals surface area contributed by atoms with Gasteiger partial charge in [0.1, 0.15) is 28.5 Å². The van der Waals surface area contributed by atoms with Gasteiger partial charge in [-0.2, -0.15) is 0 Å². The number of aliphatic hydroxyl groups excluding tert-OH is 1. The Kier molecular flexibility index (Phi) is 3.26. The van der Waals surface area contributed by atoms with Crippen LogP contribution in [0.25, 0.3) is 11.0 Å². The van der Waals surface area contributed by atoms with E-state index in [0.29, 0.717) is 11.1 Å². The number of hydrogen-bond acceptors (Lipinski definition) is 3. The second kappa shape index (κ2) is 4.56. The molecule has 114 valence electrons. The highest BCUT2D eigenvalue weighted by Gasteiger charge is 2.49. The number of hydroxylamine groups is 2. The zero-order valence-corrected chi connectivity index (χ0v) is 14.2. The molecule has 0 amide bonds. The van der Waals surface area contributed by atoms with Gasteiger partial charge in [0.2, 0.25) is 0 Å². The second-order valence-corrected chi connectivity index (χ2v) is 7.48. The van der Waals surface area contributed by atoms with Crippen LogP contribution in [0.15, 0.2) is 22.6 Å². The number of halogens is 1. The van der Waals surface area contributed by atoms with Gasteiger partial charge in [0.25, 0.3) is 0 Å². The van der Waals surface area contributed by atoms with Crippen LogP contribution in [0.1, 0.15) is 50.7 Å². The summed E-state index contributed by atoms with van der Waals surface area (Å²) in [6, 6.07) is 5.85. The Hall–Kier alpha value is -0.880. The van der Waals surface area contributed by atoms with Crippen LogP contribution in [0.3, 0.4) is 0 Å². The van der Waals surface area contributed by atoms with Crippen molar-refractivity contribution in [2.24, 2.45) is 0 Å². The normalized spacial score (nSPS) is 24.2. The average Bonchev–Trinajstić information content (AvgIpc) is 2.91. The first kappa shape index (κ1) is 15.0. The molecule has 2 unspecified atom stereocenters. The topological polar surface area (TPSA) is 60.9 Å². The molecule has 2 atom stereocenters. The molecule has 4 nitrogen and oxygen atoms in total. The molecular formula is C16H20BrNO3. The van der Waals surface area contributed by atoms with Gasteiger partial charge in [-0.25, -0.2) is 0 Å². The molecule has 0 saturated heterocycles. The van der Waals surface area contributed by atoms with Gasteiger partial charge < -0.3 is 19.8 Å². The lowest BCUT2D eigenvalue weighted by Gasteiger charge is -2.40. The van der Waals surface area contributed by atoms with Gasteiger partial charge in [-0.3, -0.25) is 0 Å². The number of alkyl halides is 1. The fraction of sp³-hybridized carbons (Fsp3) is 0.500. The van der Waals surface area contributed by atoms with E-state index in [1.165, 1.54) is 0 Å². The van der Waals surface area contributed by atoms with Crippen LogP contribution in [-0.4, -0.2) is 10.4 Å². The highest BCUT2D eigenvalue weighted by atomic mass is 79.9. The van der Waals surface area contributed by atoms with Crippen LogP contribution >= 0.6 is 15.9 Å². The van der Waals surface area contributed by atoms with Gasteiger partial charge in [-0.1, -0.05) is 15.9 Å². The van der Waals surface area contributed by atoms with Gasteiger partial charge in [-0.05, 0) is 45.9 Å². The van der Waals surface area contributed by atoms with Crippen molar-refractivity contribution in [2.45, 2.75) is 44.9 Å². The lowest BCUT2D eigenvalue weighted by molar-refractivity contribution is -0.955. The van der Waals surface area contributed by atoms with Crippen molar-refractivity contribution in [3.05, 3.63) is 40.3 Å². The van der Waals surface area contributed by atoms with E-state index >= 15 is 0 Å². The zero-order chi connectivity index (χ0) is 15.6. The summed E-state index contributed by atoms with van der Waals surface area (Å²) in [5.41, 5.74) is 1.82. The predicted octanol–water partition coefficient (Wildman–Crippen LogP) is 2.73. The first-order valence-corrected chi connectivity index (χ1v) is 8.19. The van der Waals surface area contributed by atoms with Crippen molar-refractivity contribution in [3.63, 3.8) is 0 Å². The Morgan fingerprint density at radius 3 is 2.33 bits per heavy atom. The van der Waals surface area contributed by atoms with E-state index in [0.717, 1.165) is 22.1 Å². The van der Waals surface area contributed by atoms with E-state index in [4.69, 9.17) is 4.42 Å². The third-order valence-corrected chi connectivity index (χ3v) is 5.25. The fourth-order valence-electron chi connectivity index (χ4n) is 3.41. The summed E-state index contributed by atoms with van der Waals surface area (Å²) in [5, 5.41) is 24.1. The number of furan rings is 1. The van der Waals surface area contributed by atoms with Crippen molar-refractivity contribution in [1.29, 1.82) is 0 Å².